The maximum absolute atomic E-state index is 12.8. The third-order valence-electron chi connectivity index (χ3n) is 5.35. The number of ether oxygens (including phenoxy) is 2. The Morgan fingerprint density at radius 3 is 2.06 bits per heavy atom. The molecule has 0 saturated carbocycles. The van der Waals surface area contributed by atoms with Gasteiger partial charge < -0.3 is 19.7 Å². The number of rotatable bonds is 2. The molecule has 2 heterocycles. The molecule has 1 aliphatic rings. The molecule has 33 heavy (non-hydrogen) atoms. The molecule has 1 N–H and O–H groups in total. The Hall–Kier alpha value is -3.03. The molecule has 0 atom stereocenters. The number of fused-ring (bicyclic) bond motifs is 1. The fourth-order valence-corrected chi connectivity index (χ4v) is 3.88. The van der Waals surface area contributed by atoms with Gasteiger partial charge in [0, 0.05) is 35.8 Å². The standard InChI is InChI=1S/C25H35N3O5/c1-16-14-18-15-19(8-9-20(18)28(16)23(31)33-25(5,6)7)26-21(29)17-10-12-27(13-11-17)22(30)32-24(2,3)4/h8-9,14-15,17H,10-13H2,1-7H3,(H,26,29). The third kappa shape index (κ3) is 6.27. The number of likely N-dealkylation sites (tertiary alicyclic amines) is 1. The lowest BCUT2D eigenvalue weighted by Crippen LogP contribution is -2.43. The molecule has 1 aromatic carbocycles. The first-order valence-corrected chi connectivity index (χ1v) is 11.4. The first kappa shape index (κ1) is 24.6. The molecule has 0 radical (unpaired) electrons. The zero-order valence-electron chi connectivity index (χ0n) is 20.7. The van der Waals surface area contributed by atoms with E-state index < -0.39 is 17.3 Å². The van der Waals surface area contributed by atoms with Crippen LogP contribution in [0.4, 0.5) is 15.3 Å². The van der Waals surface area contributed by atoms with E-state index in [0.717, 1.165) is 16.6 Å². The summed E-state index contributed by atoms with van der Waals surface area (Å²) < 4.78 is 12.5. The van der Waals surface area contributed by atoms with Crippen molar-refractivity contribution in [2.45, 2.75) is 72.5 Å². The molecule has 1 fully saturated rings. The Balaban J connectivity index is 1.64. The van der Waals surface area contributed by atoms with Gasteiger partial charge in [0.05, 0.1) is 5.52 Å². The van der Waals surface area contributed by atoms with Gasteiger partial charge >= 0.3 is 12.2 Å². The monoisotopic (exact) mass is 457 g/mol. The van der Waals surface area contributed by atoms with E-state index in [4.69, 9.17) is 9.47 Å². The lowest BCUT2D eigenvalue weighted by atomic mass is 9.96. The van der Waals surface area contributed by atoms with Gasteiger partial charge in [0.1, 0.15) is 11.2 Å². The number of hydrogen-bond acceptors (Lipinski definition) is 5. The molecule has 1 aliphatic heterocycles. The number of aromatic nitrogens is 1. The minimum absolute atomic E-state index is 0.0681. The number of nitrogens with one attached hydrogen (secondary N) is 1. The van der Waals surface area contributed by atoms with Gasteiger partial charge in [-0.05, 0) is 85.6 Å². The maximum atomic E-state index is 12.8. The Morgan fingerprint density at radius 2 is 1.48 bits per heavy atom. The second kappa shape index (κ2) is 9.08. The first-order valence-electron chi connectivity index (χ1n) is 11.4. The van der Waals surface area contributed by atoms with Crippen LogP contribution in [-0.4, -0.2) is 51.9 Å². The molecule has 0 spiro atoms. The molecular formula is C25H35N3O5. The molecule has 8 heteroatoms. The predicted octanol–water partition coefficient (Wildman–Crippen LogP) is 5.32. The number of hydrogen-bond donors (Lipinski definition) is 1. The van der Waals surface area contributed by atoms with E-state index in [9.17, 15) is 14.4 Å². The van der Waals surface area contributed by atoms with E-state index in [0.29, 0.717) is 31.6 Å². The molecule has 2 amide bonds. The molecule has 180 valence electrons. The number of nitrogens with zero attached hydrogens (tertiary/aromatic N) is 2. The number of aryl methyl sites for hydroxylation is 1. The van der Waals surface area contributed by atoms with Crippen LogP contribution in [0.1, 0.15) is 60.1 Å². The van der Waals surface area contributed by atoms with Crippen LogP contribution in [0, 0.1) is 12.8 Å². The fourth-order valence-electron chi connectivity index (χ4n) is 3.88. The van der Waals surface area contributed by atoms with Crippen molar-refractivity contribution in [3.05, 3.63) is 30.0 Å². The second-order valence-electron chi connectivity index (χ2n) is 10.6. The smallest absolute Gasteiger partial charge is 0.419 e. The SMILES string of the molecule is Cc1cc2cc(NC(=O)C3CCN(C(=O)OC(C)(C)C)CC3)ccc2n1C(=O)OC(C)(C)C. The Labute approximate surface area is 195 Å². The van der Waals surface area contributed by atoms with Gasteiger partial charge in [-0.15, -0.1) is 0 Å². The van der Waals surface area contributed by atoms with E-state index in [-0.39, 0.29) is 17.9 Å². The number of anilines is 1. The van der Waals surface area contributed by atoms with Crippen LogP contribution in [0.3, 0.4) is 0 Å². The molecule has 0 aliphatic carbocycles. The highest BCUT2D eigenvalue weighted by Crippen LogP contribution is 2.26. The summed E-state index contributed by atoms with van der Waals surface area (Å²) in [5, 5.41) is 3.83. The van der Waals surface area contributed by atoms with Crippen LogP contribution < -0.4 is 5.32 Å². The van der Waals surface area contributed by atoms with Gasteiger partial charge in [0.25, 0.3) is 0 Å². The molecule has 0 bridgehead atoms. The van der Waals surface area contributed by atoms with Crippen LogP contribution >= 0.6 is 0 Å². The minimum Gasteiger partial charge on any atom is -0.444 e. The largest absolute Gasteiger partial charge is 0.444 e. The number of piperidine rings is 1. The third-order valence-corrected chi connectivity index (χ3v) is 5.35. The van der Waals surface area contributed by atoms with Crippen molar-refractivity contribution in [2.24, 2.45) is 5.92 Å². The van der Waals surface area contributed by atoms with Crippen LogP contribution in [0.2, 0.25) is 0 Å². The Kier molecular flexibility index (Phi) is 6.77. The Bertz CT molecular complexity index is 1050. The zero-order valence-corrected chi connectivity index (χ0v) is 20.7. The van der Waals surface area contributed by atoms with Crippen LogP contribution in [0.15, 0.2) is 24.3 Å². The van der Waals surface area contributed by atoms with Gasteiger partial charge in [-0.25, -0.2) is 14.2 Å². The molecule has 8 nitrogen and oxygen atoms in total. The normalized spacial score (nSPS) is 15.4. The molecule has 2 aromatic rings. The van der Waals surface area contributed by atoms with E-state index in [1.54, 1.807) is 15.5 Å². The van der Waals surface area contributed by atoms with Crippen molar-refractivity contribution in [1.29, 1.82) is 0 Å². The summed E-state index contributed by atoms with van der Waals surface area (Å²) in [6.07, 6.45) is 0.406. The van der Waals surface area contributed by atoms with Gasteiger partial charge in [-0.1, -0.05) is 0 Å². The summed E-state index contributed by atoms with van der Waals surface area (Å²) >= 11 is 0. The van der Waals surface area contributed by atoms with Crippen LogP contribution in [-0.2, 0) is 14.3 Å². The lowest BCUT2D eigenvalue weighted by Gasteiger charge is -2.32. The molecule has 3 rings (SSSR count). The van der Waals surface area contributed by atoms with Crippen molar-refractivity contribution in [3.8, 4) is 0 Å². The summed E-state index contributed by atoms with van der Waals surface area (Å²) in [5.41, 5.74) is 1.03. The maximum Gasteiger partial charge on any atom is 0.419 e. The van der Waals surface area contributed by atoms with Crippen LogP contribution in [0.25, 0.3) is 10.9 Å². The van der Waals surface area contributed by atoms with Crippen molar-refractivity contribution < 1.29 is 23.9 Å². The quantitative estimate of drug-likeness (QED) is 0.659. The summed E-state index contributed by atoms with van der Waals surface area (Å²) in [5.74, 6) is -0.242. The highest BCUT2D eigenvalue weighted by Gasteiger charge is 2.30. The van der Waals surface area contributed by atoms with E-state index in [2.05, 4.69) is 5.32 Å². The average molecular weight is 458 g/mol. The highest BCUT2D eigenvalue weighted by molar-refractivity contribution is 5.97. The number of carbonyl (C=O) groups excluding carboxylic acids is 3. The van der Waals surface area contributed by atoms with E-state index in [1.807, 2.05) is 66.7 Å². The van der Waals surface area contributed by atoms with Crippen molar-refractivity contribution in [1.82, 2.24) is 9.47 Å². The summed E-state index contributed by atoms with van der Waals surface area (Å²) in [7, 11) is 0. The summed E-state index contributed by atoms with van der Waals surface area (Å²) in [6.45, 7) is 13.8. The average Bonchev–Trinajstić information content (AvgIpc) is 3.00. The van der Waals surface area contributed by atoms with E-state index in [1.165, 1.54) is 0 Å². The molecular weight excluding hydrogens is 422 g/mol. The summed E-state index contributed by atoms with van der Waals surface area (Å²) in [4.78, 5) is 39.3. The Morgan fingerprint density at radius 1 is 0.909 bits per heavy atom. The van der Waals surface area contributed by atoms with Crippen molar-refractivity contribution in [3.63, 3.8) is 0 Å². The fraction of sp³-hybridized carbons (Fsp3) is 0.560. The van der Waals surface area contributed by atoms with Gasteiger partial charge in [-0.2, -0.15) is 0 Å². The van der Waals surface area contributed by atoms with Gasteiger partial charge in [-0.3, -0.25) is 4.79 Å². The topological polar surface area (TPSA) is 89.9 Å². The minimum atomic E-state index is -0.590. The number of amides is 2. The molecule has 1 saturated heterocycles. The summed E-state index contributed by atoms with van der Waals surface area (Å²) in [6, 6.07) is 7.36. The highest BCUT2D eigenvalue weighted by atomic mass is 16.6. The van der Waals surface area contributed by atoms with Crippen LogP contribution in [0.5, 0.6) is 0 Å². The zero-order chi connectivity index (χ0) is 24.6. The lowest BCUT2D eigenvalue weighted by molar-refractivity contribution is -0.121. The predicted molar refractivity (Wildman–Crippen MR) is 127 cm³/mol. The van der Waals surface area contributed by atoms with Gasteiger partial charge in [0.2, 0.25) is 5.91 Å². The van der Waals surface area contributed by atoms with E-state index >= 15 is 0 Å². The molecule has 0 unspecified atom stereocenters. The second-order valence-corrected chi connectivity index (χ2v) is 10.6. The van der Waals surface area contributed by atoms with Gasteiger partial charge in [0.15, 0.2) is 0 Å². The number of carbonyl (C=O) groups is 3. The molecule has 1 aromatic heterocycles. The number of benzene rings is 1. The van der Waals surface area contributed by atoms with Crippen molar-refractivity contribution in [2.75, 3.05) is 18.4 Å². The first-order chi connectivity index (χ1) is 15.2. The van der Waals surface area contributed by atoms with Crippen molar-refractivity contribution >= 4 is 34.7 Å².